The third kappa shape index (κ3) is 3.05. The molecule has 1 rings (SSSR count). The maximum atomic E-state index is 5.40. The lowest BCUT2D eigenvalue weighted by molar-refractivity contribution is 0.333. The van der Waals surface area contributed by atoms with Gasteiger partial charge >= 0.3 is 0 Å². The second kappa shape index (κ2) is 5.09. The lowest BCUT2D eigenvalue weighted by atomic mass is 10.2. The quantitative estimate of drug-likeness (QED) is 0.329. The highest BCUT2D eigenvalue weighted by molar-refractivity contribution is 5.81. The standard InChI is InChI=1S/C10H15N3O2/c1-7-3-4-8(9(5-7)14-2)15-6-10(11)13-12/h3-5H,6,12H2,1-2H3,(H2,11,13). The van der Waals surface area contributed by atoms with Crippen LogP contribution in [0.15, 0.2) is 23.3 Å². The molecule has 0 saturated carbocycles. The molecule has 0 aliphatic rings. The summed E-state index contributed by atoms with van der Waals surface area (Å²) in [5.74, 6) is 6.50. The van der Waals surface area contributed by atoms with Gasteiger partial charge in [0.1, 0.15) is 6.61 Å². The van der Waals surface area contributed by atoms with E-state index in [4.69, 9.17) is 21.1 Å². The van der Waals surface area contributed by atoms with E-state index in [0.717, 1.165) is 5.56 Å². The van der Waals surface area contributed by atoms with Crippen LogP contribution in [-0.2, 0) is 0 Å². The normalized spacial score (nSPS) is 11.2. The first-order valence-electron chi connectivity index (χ1n) is 4.47. The third-order valence-electron chi connectivity index (χ3n) is 1.86. The van der Waals surface area contributed by atoms with E-state index in [1.54, 1.807) is 7.11 Å². The summed E-state index contributed by atoms with van der Waals surface area (Å²) in [6.07, 6.45) is 0. The number of ether oxygens (including phenoxy) is 2. The van der Waals surface area contributed by atoms with Crippen LogP contribution in [0, 0.1) is 6.92 Å². The Morgan fingerprint density at radius 1 is 1.40 bits per heavy atom. The number of hydrogen-bond donors (Lipinski definition) is 2. The Balaban J connectivity index is 2.76. The van der Waals surface area contributed by atoms with Gasteiger partial charge in [0.05, 0.1) is 7.11 Å². The summed E-state index contributed by atoms with van der Waals surface area (Å²) in [7, 11) is 1.59. The van der Waals surface area contributed by atoms with Crippen molar-refractivity contribution >= 4 is 5.84 Å². The van der Waals surface area contributed by atoms with Crippen molar-refractivity contribution in [2.45, 2.75) is 6.92 Å². The van der Waals surface area contributed by atoms with Crippen LogP contribution in [-0.4, -0.2) is 19.6 Å². The van der Waals surface area contributed by atoms with Crippen LogP contribution in [0.3, 0.4) is 0 Å². The second-order valence-corrected chi connectivity index (χ2v) is 3.06. The number of aryl methyl sites for hydroxylation is 1. The molecule has 0 atom stereocenters. The van der Waals surface area contributed by atoms with Crippen LogP contribution < -0.4 is 21.1 Å². The van der Waals surface area contributed by atoms with Gasteiger partial charge in [-0.1, -0.05) is 6.07 Å². The zero-order valence-corrected chi connectivity index (χ0v) is 8.86. The first-order chi connectivity index (χ1) is 7.17. The molecule has 0 heterocycles. The van der Waals surface area contributed by atoms with E-state index in [-0.39, 0.29) is 12.4 Å². The number of hydrogen-bond acceptors (Lipinski definition) is 4. The number of hydrazone groups is 1. The first kappa shape index (κ1) is 11.2. The van der Waals surface area contributed by atoms with Crippen molar-refractivity contribution in [3.8, 4) is 11.5 Å². The van der Waals surface area contributed by atoms with Crippen molar-refractivity contribution in [3.05, 3.63) is 23.8 Å². The SMILES string of the molecule is COc1cc(C)ccc1OC/C(N)=N/N. The Labute approximate surface area is 88.7 Å². The van der Waals surface area contributed by atoms with Crippen LogP contribution in [0.25, 0.3) is 0 Å². The van der Waals surface area contributed by atoms with E-state index in [1.165, 1.54) is 0 Å². The van der Waals surface area contributed by atoms with Gasteiger partial charge in [0, 0.05) is 0 Å². The molecule has 1 aromatic rings. The molecule has 5 nitrogen and oxygen atoms in total. The minimum Gasteiger partial charge on any atom is -0.493 e. The van der Waals surface area contributed by atoms with Crippen molar-refractivity contribution in [1.82, 2.24) is 0 Å². The van der Waals surface area contributed by atoms with Gasteiger partial charge in [0.25, 0.3) is 0 Å². The highest BCUT2D eigenvalue weighted by Crippen LogP contribution is 2.27. The van der Waals surface area contributed by atoms with Gasteiger partial charge in [-0.2, -0.15) is 5.10 Å². The summed E-state index contributed by atoms with van der Waals surface area (Å²) in [6.45, 7) is 2.12. The Morgan fingerprint density at radius 2 is 2.13 bits per heavy atom. The summed E-state index contributed by atoms with van der Waals surface area (Å²) >= 11 is 0. The van der Waals surface area contributed by atoms with E-state index in [9.17, 15) is 0 Å². The molecule has 0 saturated heterocycles. The van der Waals surface area contributed by atoms with Crippen molar-refractivity contribution in [3.63, 3.8) is 0 Å². The zero-order chi connectivity index (χ0) is 11.3. The summed E-state index contributed by atoms with van der Waals surface area (Å²) < 4.78 is 10.5. The Morgan fingerprint density at radius 3 is 2.73 bits per heavy atom. The lowest BCUT2D eigenvalue weighted by Crippen LogP contribution is -2.22. The van der Waals surface area contributed by atoms with Crippen LogP contribution in [0.5, 0.6) is 11.5 Å². The average molecular weight is 209 g/mol. The van der Waals surface area contributed by atoms with Crippen LogP contribution >= 0.6 is 0 Å². The number of rotatable bonds is 4. The predicted octanol–water partition coefficient (Wildman–Crippen LogP) is 0.613. The smallest absolute Gasteiger partial charge is 0.161 e. The number of methoxy groups -OCH3 is 1. The zero-order valence-electron chi connectivity index (χ0n) is 8.86. The molecule has 15 heavy (non-hydrogen) atoms. The molecule has 0 amide bonds. The average Bonchev–Trinajstić information content (AvgIpc) is 2.26. The maximum Gasteiger partial charge on any atom is 0.161 e. The first-order valence-corrected chi connectivity index (χ1v) is 4.47. The molecule has 5 heteroatoms. The summed E-state index contributed by atoms with van der Waals surface area (Å²) in [5, 5.41) is 3.31. The molecule has 1 aromatic carbocycles. The fourth-order valence-electron chi connectivity index (χ4n) is 1.08. The Kier molecular flexibility index (Phi) is 3.79. The van der Waals surface area contributed by atoms with Gasteiger partial charge < -0.3 is 21.1 Å². The minimum atomic E-state index is 0.149. The predicted molar refractivity (Wildman–Crippen MR) is 59.0 cm³/mol. The van der Waals surface area contributed by atoms with Gasteiger partial charge in [0.2, 0.25) is 0 Å². The van der Waals surface area contributed by atoms with Gasteiger partial charge in [-0.3, -0.25) is 0 Å². The highest BCUT2D eigenvalue weighted by Gasteiger charge is 2.04. The van der Waals surface area contributed by atoms with Crippen molar-refractivity contribution in [2.75, 3.05) is 13.7 Å². The fraction of sp³-hybridized carbons (Fsp3) is 0.300. The van der Waals surface area contributed by atoms with E-state index in [2.05, 4.69) is 5.10 Å². The van der Waals surface area contributed by atoms with Gasteiger partial charge in [-0.05, 0) is 24.6 Å². The number of nitrogens with zero attached hydrogens (tertiary/aromatic N) is 1. The molecule has 0 radical (unpaired) electrons. The van der Waals surface area contributed by atoms with E-state index < -0.39 is 0 Å². The Hall–Kier alpha value is -1.91. The maximum absolute atomic E-state index is 5.40. The highest BCUT2D eigenvalue weighted by atomic mass is 16.5. The van der Waals surface area contributed by atoms with Crippen LogP contribution in [0.2, 0.25) is 0 Å². The monoisotopic (exact) mass is 209 g/mol. The minimum absolute atomic E-state index is 0.149. The van der Waals surface area contributed by atoms with Crippen LogP contribution in [0.4, 0.5) is 0 Å². The third-order valence-corrected chi connectivity index (χ3v) is 1.86. The van der Waals surface area contributed by atoms with E-state index in [1.807, 2.05) is 25.1 Å². The van der Waals surface area contributed by atoms with Crippen LogP contribution in [0.1, 0.15) is 5.56 Å². The molecule has 0 aromatic heterocycles. The van der Waals surface area contributed by atoms with Gasteiger partial charge in [-0.25, -0.2) is 0 Å². The lowest BCUT2D eigenvalue weighted by Gasteiger charge is -2.10. The van der Waals surface area contributed by atoms with Crippen molar-refractivity contribution < 1.29 is 9.47 Å². The van der Waals surface area contributed by atoms with Gasteiger partial charge in [0.15, 0.2) is 17.3 Å². The summed E-state index contributed by atoms with van der Waals surface area (Å²) in [4.78, 5) is 0. The number of benzene rings is 1. The molecular weight excluding hydrogens is 194 g/mol. The summed E-state index contributed by atoms with van der Waals surface area (Å²) in [5.41, 5.74) is 6.50. The van der Waals surface area contributed by atoms with Crippen molar-refractivity contribution in [2.24, 2.45) is 16.7 Å². The molecular formula is C10H15N3O2. The molecule has 4 N–H and O–H groups in total. The van der Waals surface area contributed by atoms with E-state index in [0.29, 0.717) is 11.5 Å². The molecule has 0 aliphatic carbocycles. The number of nitrogens with two attached hydrogens (primary N) is 2. The molecule has 0 spiro atoms. The fourth-order valence-corrected chi connectivity index (χ4v) is 1.08. The van der Waals surface area contributed by atoms with Crippen molar-refractivity contribution in [1.29, 1.82) is 0 Å². The largest absolute Gasteiger partial charge is 0.493 e. The van der Waals surface area contributed by atoms with E-state index >= 15 is 0 Å². The molecule has 0 unspecified atom stereocenters. The Bertz CT molecular complexity index is 364. The number of amidine groups is 1. The second-order valence-electron chi connectivity index (χ2n) is 3.06. The molecule has 0 fully saturated rings. The molecule has 0 aliphatic heterocycles. The molecule has 82 valence electrons. The molecule has 0 bridgehead atoms. The topological polar surface area (TPSA) is 82.9 Å². The summed E-state index contributed by atoms with van der Waals surface area (Å²) in [6, 6.07) is 5.62. The van der Waals surface area contributed by atoms with Gasteiger partial charge in [-0.15, -0.1) is 0 Å².